The predicted molar refractivity (Wildman–Crippen MR) is 62.0 cm³/mol. The Bertz CT molecular complexity index is 439. The van der Waals surface area contributed by atoms with Gasteiger partial charge in [0.15, 0.2) is 0 Å². The van der Waals surface area contributed by atoms with Crippen molar-refractivity contribution in [3.05, 3.63) is 20.7 Å². The number of rotatable bonds is 6. The Morgan fingerprint density at radius 2 is 2.18 bits per heavy atom. The van der Waals surface area contributed by atoms with E-state index in [1.165, 1.54) is 0 Å². The van der Waals surface area contributed by atoms with Gasteiger partial charge in [-0.05, 0) is 6.42 Å². The lowest BCUT2D eigenvalue weighted by molar-refractivity contribution is -0.137. The lowest BCUT2D eigenvalue weighted by Gasteiger charge is -2.05. The highest BCUT2D eigenvalue weighted by atomic mass is 32.1. The van der Waals surface area contributed by atoms with Crippen LogP contribution in [0.1, 0.15) is 18.5 Å². The first-order valence-electron chi connectivity index (χ1n) is 4.98. The summed E-state index contributed by atoms with van der Waals surface area (Å²) in [4.78, 5) is 34.6. The highest BCUT2D eigenvalue weighted by Crippen LogP contribution is 1.94. The first-order chi connectivity index (χ1) is 8.08. The third-order valence-corrected chi connectivity index (χ3v) is 2.58. The van der Waals surface area contributed by atoms with Crippen molar-refractivity contribution in [2.24, 2.45) is 0 Å². The van der Waals surface area contributed by atoms with E-state index in [-0.39, 0.29) is 23.9 Å². The van der Waals surface area contributed by atoms with Gasteiger partial charge >= 0.3 is 16.9 Å². The van der Waals surface area contributed by atoms with Gasteiger partial charge in [0.2, 0.25) is 0 Å². The van der Waals surface area contributed by atoms with Crippen molar-refractivity contribution in [2.45, 2.75) is 19.4 Å². The Balaban J connectivity index is 2.13. The van der Waals surface area contributed by atoms with Crippen LogP contribution in [0.15, 0.2) is 10.2 Å². The van der Waals surface area contributed by atoms with E-state index < -0.39 is 5.97 Å². The van der Waals surface area contributed by atoms with Gasteiger partial charge in [-0.3, -0.25) is 9.59 Å². The highest BCUT2D eigenvalue weighted by Gasteiger charge is 2.02. The Hall–Kier alpha value is -1.83. The molecule has 0 fully saturated rings. The summed E-state index contributed by atoms with van der Waals surface area (Å²) in [7, 11) is 0. The molecule has 0 bridgehead atoms. The summed E-state index contributed by atoms with van der Waals surface area (Å²) in [6.45, 7) is 0.543. The van der Waals surface area contributed by atoms with Crippen molar-refractivity contribution in [1.29, 1.82) is 0 Å². The standard InChI is InChI=1S/C9H13N3O4S/c13-7(14)2-1-3-10-8(15)11-4-6-5-17-9(16)12-6/h5H,1-4H2,(H,12,16)(H,13,14)(H2,10,11,15). The number of thiazole rings is 1. The molecule has 0 unspecified atom stereocenters. The quantitative estimate of drug-likeness (QED) is 0.543. The molecule has 1 heterocycles. The maximum absolute atomic E-state index is 11.2. The van der Waals surface area contributed by atoms with Gasteiger partial charge in [-0.15, -0.1) is 0 Å². The molecule has 2 amide bonds. The van der Waals surface area contributed by atoms with Gasteiger partial charge in [0.25, 0.3) is 0 Å². The van der Waals surface area contributed by atoms with Crippen molar-refractivity contribution in [2.75, 3.05) is 6.54 Å². The molecule has 94 valence electrons. The number of carboxylic acids is 1. The van der Waals surface area contributed by atoms with Crippen LogP contribution in [0, 0.1) is 0 Å². The second-order valence-corrected chi connectivity index (χ2v) is 4.12. The fraction of sp³-hybridized carbons (Fsp3) is 0.444. The Labute approximate surface area is 101 Å². The summed E-state index contributed by atoms with van der Waals surface area (Å²) >= 11 is 1.03. The number of aromatic nitrogens is 1. The molecule has 1 rings (SSSR count). The number of hydrogen-bond acceptors (Lipinski definition) is 4. The minimum absolute atomic E-state index is 0.0259. The molecule has 7 nitrogen and oxygen atoms in total. The monoisotopic (exact) mass is 259 g/mol. The van der Waals surface area contributed by atoms with Crippen molar-refractivity contribution in [1.82, 2.24) is 15.6 Å². The molecule has 0 aliphatic carbocycles. The lowest BCUT2D eigenvalue weighted by Crippen LogP contribution is -2.35. The predicted octanol–water partition coefficient (Wildman–Crippen LogP) is 0.100. The lowest BCUT2D eigenvalue weighted by atomic mass is 10.3. The third kappa shape index (κ3) is 5.71. The van der Waals surface area contributed by atoms with E-state index in [1.54, 1.807) is 5.38 Å². The molecule has 0 radical (unpaired) electrons. The molecule has 0 saturated carbocycles. The van der Waals surface area contributed by atoms with Gasteiger partial charge in [-0.1, -0.05) is 11.3 Å². The Morgan fingerprint density at radius 3 is 2.76 bits per heavy atom. The van der Waals surface area contributed by atoms with Crippen LogP contribution >= 0.6 is 11.3 Å². The number of nitrogens with one attached hydrogen (secondary N) is 3. The molecular formula is C9H13N3O4S. The molecule has 0 aromatic carbocycles. The number of aliphatic carboxylic acids is 1. The van der Waals surface area contributed by atoms with Crippen molar-refractivity contribution < 1.29 is 14.7 Å². The van der Waals surface area contributed by atoms with Crippen LogP contribution in [-0.4, -0.2) is 28.6 Å². The molecule has 8 heteroatoms. The second-order valence-electron chi connectivity index (χ2n) is 3.28. The number of urea groups is 1. The largest absolute Gasteiger partial charge is 0.481 e. The highest BCUT2D eigenvalue weighted by molar-refractivity contribution is 7.07. The van der Waals surface area contributed by atoms with Crippen LogP contribution in [0.3, 0.4) is 0 Å². The minimum Gasteiger partial charge on any atom is -0.481 e. The summed E-state index contributed by atoms with van der Waals surface area (Å²) in [5, 5.41) is 15.1. The van der Waals surface area contributed by atoms with Crippen molar-refractivity contribution in [3.63, 3.8) is 0 Å². The summed E-state index contributed by atoms with van der Waals surface area (Å²) in [5.74, 6) is -0.886. The van der Waals surface area contributed by atoms with Gasteiger partial charge in [0.1, 0.15) is 0 Å². The normalized spacial score (nSPS) is 9.88. The first-order valence-corrected chi connectivity index (χ1v) is 5.86. The smallest absolute Gasteiger partial charge is 0.315 e. The molecule has 0 saturated heterocycles. The van der Waals surface area contributed by atoms with Gasteiger partial charge in [0, 0.05) is 24.0 Å². The van der Waals surface area contributed by atoms with Crippen LogP contribution < -0.4 is 15.5 Å². The van der Waals surface area contributed by atoms with E-state index in [9.17, 15) is 14.4 Å². The van der Waals surface area contributed by atoms with E-state index >= 15 is 0 Å². The summed E-state index contributed by atoms with van der Waals surface area (Å²) in [5.41, 5.74) is 0.640. The fourth-order valence-electron chi connectivity index (χ4n) is 1.08. The Morgan fingerprint density at radius 1 is 1.41 bits per heavy atom. The van der Waals surface area contributed by atoms with Crippen LogP contribution in [0.25, 0.3) is 0 Å². The van der Waals surface area contributed by atoms with Crippen molar-refractivity contribution >= 4 is 23.3 Å². The van der Waals surface area contributed by atoms with Crippen LogP contribution in [0.2, 0.25) is 0 Å². The number of carbonyl (C=O) groups excluding carboxylic acids is 1. The Kier molecular flexibility index (Phi) is 5.21. The third-order valence-electron chi connectivity index (χ3n) is 1.86. The second kappa shape index (κ2) is 6.69. The van der Waals surface area contributed by atoms with Gasteiger partial charge < -0.3 is 20.7 Å². The molecule has 17 heavy (non-hydrogen) atoms. The topological polar surface area (TPSA) is 111 Å². The molecule has 0 atom stereocenters. The SMILES string of the molecule is O=C(O)CCCNC(=O)NCc1csc(=O)[nH]1. The number of hydrogen-bond donors (Lipinski definition) is 4. The molecule has 4 N–H and O–H groups in total. The zero-order valence-electron chi connectivity index (χ0n) is 8.99. The van der Waals surface area contributed by atoms with Gasteiger partial charge in [0.05, 0.1) is 6.54 Å². The van der Waals surface area contributed by atoms with E-state index in [4.69, 9.17) is 5.11 Å². The van der Waals surface area contributed by atoms with E-state index in [2.05, 4.69) is 15.6 Å². The average Bonchev–Trinajstić information content (AvgIpc) is 2.67. The molecule has 0 aliphatic heterocycles. The molecule has 1 aromatic rings. The van der Waals surface area contributed by atoms with Crippen LogP contribution in [-0.2, 0) is 11.3 Å². The zero-order chi connectivity index (χ0) is 12.7. The van der Waals surface area contributed by atoms with Crippen LogP contribution in [0.4, 0.5) is 4.79 Å². The summed E-state index contributed by atoms with van der Waals surface area (Å²) in [6.07, 6.45) is 0.413. The average molecular weight is 259 g/mol. The molecule has 0 spiro atoms. The van der Waals surface area contributed by atoms with E-state index in [0.29, 0.717) is 18.7 Å². The summed E-state index contributed by atoms with van der Waals surface area (Å²) < 4.78 is 0. The number of aromatic amines is 1. The minimum atomic E-state index is -0.886. The maximum atomic E-state index is 11.2. The van der Waals surface area contributed by atoms with Gasteiger partial charge in [-0.2, -0.15) is 0 Å². The molecule has 1 aromatic heterocycles. The fourth-order valence-corrected chi connectivity index (χ4v) is 1.66. The molecule has 0 aliphatic rings. The first kappa shape index (κ1) is 13.2. The maximum Gasteiger partial charge on any atom is 0.315 e. The van der Waals surface area contributed by atoms with Crippen LogP contribution in [0.5, 0.6) is 0 Å². The number of carboxylic acid groups (broad SMARTS) is 1. The zero-order valence-corrected chi connectivity index (χ0v) is 9.80. The number of carbonyl (C=O) groups is 2. The van der Waals surface area contributed by atoms with E-state index in [1.807, 2.05) is 0 Å². The number of H-pyrrole nitrogens is 1. The molecular weight excluding hydrogens is 246 g/mol. The van der Waals surface area contributed by atoms with Gasteiger partial charge in [-0.25, -0.2) is 4.79 Å². The summed E-state index contributed by atoms with van der Waals surface area (Å²) in [6, 6.07) is -0.387. The van der Waals surface area contributed by atoms with E-state index in [0.717, 1.165) is 11.3 Å². The van der Waals surface area contributed by atoms with Crippen molar-refractivity contribution in [3.8, 4) is 0 Å². The number of amides is 2.